The molecule has 0 fully saturated rings. The molecule has 0 bridgehead atoms. The Hall–Kier alpha value is -0.610. The fraction of sp³-hybridized carbons (Fsp3) is 0.250. The van der Waals surface area contributed by atoms with E-state index >= 15 is 0 Å². The maximum atomic E-state index is 13.1. The summed E-state index contributed by atoms with van der Waals surface area (Å²) < 4.78 is 13.6. The zero-order valence-electron chi connectivity index (χ0n) is 8.87. The summed E-state index contributed by atoms with van der Waals surface area (Å²) in [5.74, 6) is 0.505. The maximum Gasteiger partial charge on any atom is 0.185 e. The van der Waals surface area contributed by atoms with Crippen LogP contribution in [0.1, 0.15) is 18.9 Å². The van der Waals surface area contributed by atoms with Crippen molar-refractivity contribution in [3.8, 4) is 0 Å². The van der Waals surface area contributed by atoms with Crippen LogP contribution in [0.4, 0.5) is 4.39 Å². The number of carbonyl (C=O) groups excluding carboxylic acids is 1. The normalized spacial score (nSPS) is 10.9. The van der Waals surface area contributed by atoms with Crippen molar-refractivity contribution in [2.75, 3.05) is 5.75 Å². The van der Waals surface area contributed by atoms with E-state index in [1.54, 1.807) is 13.0 Å². The van der Waals surface area contributed by atoms with Gasteiger partial charge in [-0.1, -0.05) is 30.0 Å². The van der Waals surface area contributed by atoms with E-state index in [0.29, 0.717) is 4.47 Å². The van der Waals surface area contributed by atoms with Crippen LogP contribution in [0.3, 0.4) is 0 Å². The zero-order valence-corrected chi connectivity index (χ0v) is 11.3. The summed E-state index contributed by atoms with van der Waals surface area (Å²) in [4.78, 5) is 10.6. The lowest BCUT2D eigenvalue weighted by Gasteiger charge is -1.96. The summed E-state index contributed by atoms with van der Waals surface area (Å²) in [6, 6.07) is 4.99. The number of benzene rings is 1. The SMILES string of the molecule is CC(=O)SCCC=Cc1ccc(Br)c(F)c1. The van der Waals surface area contributed by atoms with Crippen LogP contribution < -0.4 is 0 Å². The Morgan fingerprint density at radius 1 is 1.56 bits per heavy atom. The number of allylic oxidation sites excluding steroid dienone is 1. The number of rotatable bonds is 4. The van der Waals surface area contributed by atoms with Gasteiger partial charge in [0.25, 0.3) is 0 Å². The number of hydrogen-bond acceptors (Lipinski definition) is 2. The van der Waals surface area contributed by atoms with Crippen molar-refractivity contribution in [1.29, 1.82) is 0 Å². The standard InChI is InChI=1S/C12H12BrFOS/c1-9(15)16-7-3-2-4-10-5-6-11(13)12(14)8-10/h2,4-6,8H,3,7H2,1H3. The van der Waals surface area contributed by atoms with E-state index in [9.17, 15) is 9.18 Å². The average molecular weight is 303 g/mol. The summed E-state index contributed by atoms with van der Waals surface area (Å²) in [6.45, 7) is 1.55. The Bertz CT molecular complexity index is 404. The van der Waals surface area contributed by atoms with Gasteiger partial charge in [0.05, 0.1) is 4.47 Å². The fourth-order valence-corrected chi connectivity index (χ4v) is 1.89. The molecule has 0 N–H and O–H groups in total. The predicted molar refractivity (Wildman–Crippen MR) is 70.9 cm³/mol. The molecule has 4 heteroatoms. The molecular formula is C12H12BrFOS. The highest BCUT2D eigenvalue weighted by atomic mass is 79.9. The Morgan fingerprint density at radius 2 is 2.31 bits per heavy atom. The highest BCUT2D eigenvalue weighted by Crippen LogP contribution is 2.17. The van der Waals surface area contributed by atoms with E-state index < -0.39 is 0 Å². The van der Waals surface area contributed by atoms with Crippen molar-refractivity contribution in [1.82, 2.24) is 0 Å². The van der Waals surface area contributed by atoms with E-state index in [4.69, 9.17) is 0 Å². The molecule has 1 rings (SSSR count). The summed E-state index contributed by atoms with van der Waals surface area (Å²) in [6.07, 6.45) is 4.61. The fourth-order valence-electron chi connectivity index (χ4n) is 1.11. The van der Waals surface area contributed by atoms with Crippen LogP contribution in [0, 0.1) is 5.82 Å². The van der Waals surface area contributed by atoms with Gasteiger partial charge in [-0.05, 0) is 40.0 Å². The van der Waals surface area contributed by atoms with Gasteiger partial charge in [0, 0.05) is 12.7 Å². The van der Waals surface area contributed by atoms with Crippen molar-refractivity contribution in [3.05, 3.63) is 40.1 Å². The summed E-state index contributed by atoms with van der Waals surface area (Å²) in [7, 11) is 0. The molecule has 0 aliphatic heterocycles. The topological polar surface area (TPSA) is 17.1 Å². The Morgan fingerprint density at radius 3 is 2.94 bits per heavy atom. The minimum Gasteiger partial charge on any atom is -0.288 e. The van der Waals surface area contributed by atoms with Gasteiger partial charge in [-0.2, -0.15) is 0 Å². The molecule has 0 radical (unpaired) electrons. The van der Waals surface area contributed by atoms with Gasteiger partial charge in [-0.15, -0.1) is 0 Å². The minimum atomic E-state index is -0.264. The van der Waals surface area contributed by atoms with Gasteiger partial charge in [-0.25, -0.2) is 4.39 Å². The number of hydrogen-bond donors (Lipinski definition) is 0. The lowest BCUT2D eigenvalue weighted by Crippen LogP contribution is -1.84. The Labute approximate surface area is 107 Å². The molecule has 1 nitrogen and oxygen atoms in total. The minimum absolute atomic E-state index is 0.128. The third kappa shape index (κ3) is 4.94. The van der Waals surface area contributed by atoms with Gasteiger partial charge in [0.2, 0.25) is 0 Å². The molecule has 0 aromatic heterocycles. The van der Waals surface area contributed by atoms with Crippen molar-refractivity contribution >= 4 is 38.9 Å². The number of carbonyl (C=O) groups is 1. The Balaban J connectivity index is 2.44. The van der Waals surface area contributed by atoms with E-state index in [1.807, 2.05) is 18.2 Å². The highest BCUT2D eigenvalue weighted by molar-refractivity contribution is 9.10. The molecule has 0 aliphatic carbocycles. The number of thioether (sulfide) groups is 1. The quantitative estimate of drug-likeness (QED) is 0.773. The van der Waals surface area contributed by atoms with Crippen LogP contribution in [0.5, 0.6) is 0 Å². The monoisotopic (exact) mass is 302 g/mol. The molecule has 0 spiro atoms. The van der Waals surface area contributed by atoms with Crippen molar-refractivity contribution in [2.24, 2.45) is 0 Å². The van der Waals surface area contributed by atoms with Crippen molar-refractivity contribution in [2.45, 2.75) is 13.3 Å². The maximum absolute atomic E-state index is 13.1. The van der Waals surface area contributed by atoms with Crippen molar-refractivity contribution < 1.29 is 9.18 Å². The van der Waals surface area contributed by atoms with E-state index in [2.05, 4.69) is 15.9 Å². The first-order chi connectivity index (χ1) is 7.59. The van der Waals surface area contributed by atoms with Gasteiger partial charge in [0.1, 0.15) is 5.82 Å². The molecule has 0 aliphatic rings. The first-order valence-electron chi connectivity index (χ1n) is 4.84. The lowest BCUT2D eigenvalue weighted by atomic mass is 10.2. The van der Waals surface area contributed by atoms with E-state index in [-0.39, 0.29) is 10.9 Å². The number of halogens is 2. The molecule has 0 saturated carbocycles. The molecule has 0 saturated heterocycles. The summed E-state index contributed by atoms with van der Waals surface area (Å²) in [5.41, 5.74) is 0.827. The molecule has 0 heterocycles. The highest BCUT2D eigenvalue weighted by Gasteiger charge is 1.97. The summed E-state index contributed by atoms with van der Waals surface area (Å²) in [5, 5.41) is 0.128. The van der Waals surface area contributed by atoms with Crippen LogP contribution in [-0.2, 0) is 4.79 Å². The molecular weight excluding hydrogens is 291 g/mol. The third-order valence-electron chi connectivity index (χ3n) is 1.84. The smallest absolute Gasteiger partial charge is 0.185 e. The van der Waals surface area contributed by atoms with Crippen LogP contribution in [-0.4, -0.2) is 10.9 Å². The van der Waals surface area contributed by atoms with E-state index in [1.165, 1.54) is 17.8 Å². The van der Waals surface area contributed by atoms with Crippen molar-refractivity contribution in [3.63, 3.8) is 0 Å². The first-order valence-corrected chi connectivity index (χ1v) is 6.62. The largest absolute Gasteiger partial charge is 0.288 e. The molecule has 16 heavy (non-hydrogen) atoms. The first kappa shape index (κ1) is 13.5. The Kier molecular flexibility index (Phi) is 5.77. The zero-order chi connectivity index (χ0) is 12.0. The predicted octanol–water partition coefficient (Wildman–Crippen LogP) is 4.27. The lowest BCUT2D eigenvalue weighted by molar-refractivity contribution is -0.109. The van der Waals surface area contributed by atoms with E-state index in [0.717, 1.165) is 17.7 Å². The summed E-state index contributed by atoms with van der Waals surface area (Å²) >= 11 is 4.40. The molecule has 1 aromatic carbocycles. The molecule has 86 valence electrons. The molecule has 0 amide bonds. The molecule has 0 atom stereocenters. The van der Waals surface area contributed by atoms with Gasteiger partial charge in [-0.3, -0.25) is 4.79 Å². The third-order valence-corrected chi connectivity index (χ3v) is 3.33. The molecule has 0 unspecified atom stereocenters. The second kappa shape index (κ2) is 6.86. The van der Waals surface area contributed by atoms with Crippen LogP contribution in [0.15, 0.2) is 28.7 Å². The van der Waals surface area contributed by atoms with Gasteiger partial charge < -0.3 is 0 Å². The molecule has 1 aromatic rings. The average Bonchev–Trinajstić information content (AvgIpc) is 2.22. The second-order valence-electron chi connectivity index (χ2n) is 3.20. The van der Waals surface area contributed by atoms with Crippen LogP contribution >= 0.6 is 27.7 Å². The van der Waals surface area contributed by atoms with Gasteiger partial charge in [0.15, 0.2) is 5.12 Å². The van der Waals surface area contributed by atoms with Crippen LogP contribution in [0.2, 0.25) is 0 Å². The van der Waals surface area contributed by atoms with Gasteiger partial charge >= 0.3 is 0 Å². The van der Waals surface area contributed by atoms with Crippen LogP contribution in [0.25, 0.3) is 6.08 Å². The second-order valence-corrected chi connectivity index (χ2v) is 5.33.